The molecule has 1 saturated heterocycles. The summed E-state index contributed by atoms with van der Waals surface area (Å²) in [5.74, 6) is -0.0541. The first-order valence-corrected chi connectivity index (χ1v) is 6.45. The molecule has 2 unspecified atom stereocenters. The van der Waals surface area contributed by atoms with Crippen LogP contribution >= 0.6 is 0 Å². The number of primary amides is 1. The van der Waals surface area contributed by atoms with Crippen LogP contribution in [0.2, 0.25) is 0 Å². The van der Waals surface area contributed by atoms with Gasteiger partial charge in [0.05, 0.1) is 13.2 Å². The molecule has 1 heterocycles. The Morgan fingerprint density at radius 1 is 1.58 bits per heavy atom. The fraction of sp³-hybridized carbons (Fsp3) is 0.500. The van der Waals surface area contributed by atoms with E-state index in [4.69, 9.17) is 10.5 Å². The smallest absolute Gasteiger partial charge is 0.234 e. The van der Waals surface area contributed by atoms with Gasteiger partial charge in [-0.2, -0.15) is 0 Å². The Morgan fingerprint density at radius 3 is 3.00 bits per heavy atom. The van der Waals surface area contributed by atoms with E-state index in [0.29, 0.717) is 12.3 Å². The third-order valence-corrected chi connectivity index (χ3v) is 3.60. The van der Waals surface area contributed by atoms with Gasteiger partial charge in [0.1, 0.15) is 0 Å². The topological polar surface area (TPSA) is 64.3 Å². The third-order valence-electron chi connectivity index (χ3n) is 3.60. The average Bonchev–Trinajstić information content (AvgIpc) is 2.39. The first-order chi connectivity index (χ1) is 9.10. The number of hydrogen-bond donors (Lipinski definition) is 2. The van der Waals surface area contributed by atoms with Gasteiger partial charge in [0, 0.05) is 0 Å². The van der Waals surface area contributed by atoms with E-state index in [9.17, 15) is 9.18 Å². The normalized spacial score (nSPS) is 23.1. The molecule has 104 valence electrons. The van der Waals surface area contributed by atoms with Crippen molar-refractivity contribution in [1.29, 1.82) is 0 Å². The molecule has 0 radical (unpaired) electrons. The maximum Gasteiger partial charge on any atom is 0.234 e. The van der Waals surface area contributed by atoms with Crippen molar-refractivity contribution in [2.24, 2.45) is 11.7 Å². The summed E-state index contributed by atoms with van der Waals surface area (Å²) in [4.78, 5) is 11.2. The van der Waals surface area contributed by atoms with Crippen LogP contribution < -0.4 is 15.8 Å². The van der Waals surface area contributed by atoms with E-state index in [1.54, 1.807) is 6.07 Å². The Hall–Kier alpha value is -1.62. The fourth-order valence-electron chi connectivity index (χ4n) is 2.57. The Kier molecular flexibility index (Phi) is 4.37. The van der Waals surface area contributed by atoms with Crippen LogP contribution in [0.5, 0.6) is 5.75 Å². The number of methoxy groups -OCH3 is 1. The number of carbonyl (C=O) groups is 1. The highest BCUT2D eigenvalue weighted by Gasteiger charge is 2.25. The highest BCUT2D eigenvalue weighted by Crippen LogP contribution is 2.24. The zero-order valence-electron chi connectivity index (χ0n) is 11.0. The van der Waals surface area contributed by atoms with E-state index >= 15 is 0 Å². The van der Waals surface area contributed by atoms with Crippen molar-refractivity contribution in [3.8, 4) is 5.75 Å². The lowest BCUT2D eigenvalue weighted by Gasteiger charge is -2.28. The molecule has 0 spiro atoms. The molecular weight excluding hydrogens is 247 g/mol. The molecule has 0 saturated carbocycles. The zero-order valence-corrected chi connectivity index (χ0v) is 11.0. The Balaban J connectivity index is 2.00. The second-order valence-electron chi connectivity index (χ2n) is 4.97. The van der Waals surface area contributed by atoms with Gasteiger partial charge in [0.15, 0.2) is 11.6 Å². The molecule has 4 nitrogen and oxygen atoms in total. The SMILES string of the molecule is COc1ccc(CC2CCNC(C(N)=O)C2)cc1F. The molecular formula is C14H19FN2O2. The highest BCUT2D eigenvalue weighted by molar-refractivity contribution is 5.79. The molecule has 0 bridgehead atoms. The summed E-state index contributed by atoms with van der Waals surface area (Å²) in [6.45, 7) is 0.775. The van der Waals surface area contributed by atoms with Gasteiger partial charge in [-0.15, -0.1) is 0 Å². The molecule has 1 amide bonds. The summed E-state index contributed by atoms with van der Waals surface area (Å²) in [5.41, 5.74) is 6.23. The van der Waals surface area contributed by atoms with Crippen LogP contribution in [-0.4, -0.2) is 25.6 Å². The second kappa shape index (κ2) is 6.02. The minimum atomic E-state index is -0.347. The number of nitrogens with one attached hydrogen (secondary N) is 1. The van der Waals surface area contributed by atoms with E-state index in [1.165, 1.54) is 13.2 Å². The van der Waals surface area contributed by atoms with Crippen molar-refractivity contribution >= 4 is 5.91 Å². The van der Waals surface area contributed by atoms with Crippen LogP contribution in [0.4, 0.5) is 4.39 Å². The average molecular weight is 266 g/mol. The lowest BCUT2D eigenvalue weighted by Crippen LogP contribution is -2.47. The zero-order chi connectivity index (χ0) is 13.8. The number of hydrogen-bond acceptors (Lipinski definition) is 3. The number of rotatable bonds is 4. The van der Waals surface area contributed by atoms with Gasteiger partial charge in [0.2, 0.25) is 5.91 Å². The molecule has 1 aliphatic heterocycles. The molecule has 1 fully saturated rings. The Morgan fingerprint density at radius 2 is 2.37 bits per heavy atom. The predicted molar refractivity (Wildman–Crippen MR) is 70.4 cm³/mol. The first-order valence-electron chi connectivity index (χ1n) is 6.45. The third kappa shape index (κ3) is 3.44. The lowest BCUT2D eigenvalue weighted by molar-refractivity contribution is -0.120. The predicted octanol–water partition coefficient (Wildman–Crippen LogP) is 1.23. The van der Waals surface area contributed by atoms with Gasteiger partial charge in [-0.1, -0.05) is 6.07 Å². The maximum absolute atomic E-state index is 13.6. The van der Waals surface area contributed by atoms with Crippen LogP contribution in [0, 0.1) is 11.7 Å². The first kappa shape index (κ1) is 13.8. The number of ether oxygens (including phenoxy) is 1. The van der Waals surface area contributed by atoms with Crippen LogP contribution in [0.15, 0.2) is 18.2 Å². The summed E-state index contributed by atoms with van der Waals surface area (Å²) in [6.07, 6.45) is 2.44. The minimum absolute atomic E-state index is 0.254. The summed E-state index contributed by atoms with van der Waals surface area (Å²) < 4.78 is 18.5. The molecule has 0 aromatic heterocycles. The molecule has 5 heteroatoms. The number of nitrogens with two attached hydrogens (primary N) is 1. The standard InChI is InChI=1S/C14H19FN2O2/c1-19-13-3-2-9(7-11(13)15)6-10-4-5-17-12(8-10)14(16)18/h2-3,7,10,12,17H,4-6,8H2,1H3,(H2,16,18). The van der Waals surface area contributed by atoms with Crippen molar-refractivity contribution in [3.63, 3.8) is 0 Å². The fourth-order valence-corrected chi connectivity index (χ4v) is 2.57. The molecule has 2 atom stereocenters. The summed E-state index contributed by atoms with van der Waals surface area (Å²) in [6, 6.07) is 4.74. The summed E-state index contributed by atoms with van der Waals surface area (Å²) >= 11 is 0. The highest BCUT2D eigenvalue weighted by atomic mass is 19.1. The van der Waals surface area contributed by atoms with Crippen molar-refractivity contribution < 1.29 is 13.9 Å². The number of carbonyl (C=O) groups excluding carboxylic acids is 1. The molecule has 2 rings (SSSR count). The number of piperidine rings is 1. The maximum atomic E-state index is 13.6. The van der Waals surface area contributed by atoms with Crippen molar-refractivity contribution in [2.75, 3.05) is 13.7 Å². The van der Waals surface area contributed by atoms with Gasteiger partial charge in [-0.05, 0) is 49.4 Å². The van der Waals surface area contributed by atoms with Gasteiger partial charge in [-0.3, -0.25) is 4.79 Å². The Bertz CT molecular complexity index is 465. The summed E-state index contributed by atoms with van der Waals surface area (Å²) in [7, 11) is 1.45. The van der Waals surface area contributed by atoms with Crippen LogP contribution in [-0.2, 0) is 11.2 Å². The van der Waals surface area contributed by atoms with Gasteiger partial charge >= 0.3 is 0 Å². The van der Waals surface area contributed by atoms with Crippen LogP contribution in [0.25, 0.3) is 0 Å². The second-order valence-corrected chi connectivity index (χ2v) is 4.97. The molecule has 3 N–H and O–H groups in total. The van der Waals surface area contributed by atoms with E-state index in [0.717, 1.165) is 24.9 Å². The van der Waals surface area contributed by atoms with E-state index in [-0.39, 0.29) is 23.5 Å². The lowest BCUT2D eigenvalue weighted by atomic mass is 9.87. The van der Waals surface area contributed by atoms with E-state index in [1.807, 2.05) is 6.07 Å². The molecule has 1 aromatic rings. The molecule has 19 heavy (non-hydrogen) atoms. The minimum Gasteiger partial charge on any atom is -0.494 e. The van der Waals surface area contributed by atoms with E-state index < -0.39 is 0 Å². The van der Waals surface area contributed by atoms with Crippen LogP contribution in [0.1, 0.15) is 18.4 Å². The van der Waals surface area contributed by atoms with Crippen molar-refractivity contribution in [1.82, 2.24) is 5.32 Å². The van der Waals surface area contributed by atoms with Gasteiger partial charge < -0.3 is 15.8 Å². The molecule has 0 aliphatic carbocycles. The monoisotopic (exact) mass is 266 g/mol. The van der Waals surface area contributed by atoms with E-state index in [2.05, 4.69) is 5.32 Å². The molecule has 1 aromatic carbocycles. The largest absolute Gasteiger partial charge is 0.494 e. The van der Waals surface area contributed by atoms with Crippen molar-refractivity contribution in [2.45, 2.75) is 25.3 Å². The number of amides is 1. The summed E-state index contributed by atoms with van der Waals surface area (Å²) in [5, 5.41) is 3.10. The Labute approximate surface area is 112 Å². The van der Waals surface area contributed by atoms with Gasteiger partial charge in [0.25, 0.3) is 0 Å². The number of halogens is 1. The van der Waals surface area contributed by atoms with Crippen LogP contribution in [0.3, 0.4) is 0 Å². The van der Waals surface area contributed by atoms with Gasteiger partial charge in [-0.25, -0.2) is 4.39 Å². The molecule has 1 aliphatic rings. The van der Waals surface area contributed by atoms with Crippen molar-refractivity contribution in [3.05, 3.63) is 29.6 Å². The quantitative estimate of drug-likeness (QED) is 0.861. The number of benzene rings is 1.